The van der Waals surface area contributed by atoms with Gasteiger partial charge in [0, 0.05) is 0 Å². The van der Waals surface area contributed by atoms with Crippen molar-refractivity contribution in [2.45, 2.75) is 26.4 Å². The van der Waals surface area contributed by atoms with E-state index in [0.29, 0.717) is 5.75 Å². The normalized spacial score (nSPS) is 11.5. The van der Waals surface area contributed by atoms with Crippen molar-refractivity contribution in [3.8, 4) is 5.75 Å². The van der Waals surface area contributed by atoms with E-state index in [-0.39, 0.29) is 0 Å². The minimum absolute atomic E-state index is 0.393. The number of methoxy groups -OCH3 is 1. The zero-order chi connectivity index (χ0) is 12.9. The molecule has 0 aliphatic carbocycles. The average molecular weight is 234 g/mol. The maximum absolute atomic E-state index is 11.4. The lowest BCUT2D eigenvalue weighted by Crippen LogP contribution is -2.39. The molecule has 3 nitrogen and oxygen atoms in total. The van der Waals surface area contributed by atoms with Crippen LogP contribution in [0.2, 0.25) is 0 Å². The Morgan fingerprint density at radius 1 is 1.24 bits per heavy atom. The third kappa shape index (κ3) is 3.63. The molecule has 0 radical (unpaired) electrons. The van der Waals surface area contributed by atoms with Gasteiger partial charge in [-0.1, -0.05) is 24.3 Å². The zero-order valence-corrected chi connectivity index (χ0v) is 10.7. The van der Waals surface area contributed by atoms with Crippen molar-refractivity contribution >= 4 is 12.0 Å². The van der Waals surface area contributed by atoms with Crippen LogP contribution < -0.4 is 4.74 Å². The van der Waals surface area contributed by atoms with Gasteiger partial charge in [0.1, 0.15) is 5.75 Å². The molecule has 0 unspecified atom stereocenters. The molecular formula is C14H18O3. The second-order valence-corrected chi connectivity index (χ2v) is 4.17. The lowest BCUT2D eigenvalue weighted by molar-refractivity contribution is -0.156. The molecule has 17 heavy (non-hydrogen) atoms. The number of hydrogen-bond acceptors (Lipinski definition) is 3. The van der Waals surface area contributed by atoms with E-state index in [1.165, 1.54) is 7.11 Å². The maximum atomic E-state index is 11.4. The van der Waals surface area contributed by atoms with Crippen molar-refractivity contribution in [1.82, 2.24) is 0 Å². The first-order valence-corrected chi connectivity index (χ1v) is 5.50. The predicted octanol–water partition coefficient (Wildman–Crippen LogP) is 3.05. The highest BCUT2D eigenvalue weighted by atomic mass is 16.6. The molecule has 0 saturated heterocycles. The highest BCUT2D eigenvalue weighted by Gasteiger charge is 2.30. The van der Waals surface area contributed by atoms with Crippen LogP contribution in [0.1, 0.15) is 26.3 Å². The highest BCUT2D eigenvalue weighted by molar-refractivity contribution is 5.78. The van der Waals surface area contributed by atoms with Gasteiger partial charge in [-0.05, 0) is 38.5 Å². The van der Waals surface area contributed by atoms with E-state index >= 15 is 0 Å². The summed E-state index contributed by atoms with van der Waals surface area (Å²) in [5.74, 6) is 0.253. The molecule has 0 fully saturated rings. The molecule has 0 amide bonds. The fourth-order valence-corrected chi connectivity index (χ4v) is 1.42. The van der Waals surface area contributed by atoms with Gasteiger partial charge in [0.15, 0.2) is 5.60 Å². The number of carbonyl (C=O) groups excluding carboxylic acids is 1. The Bertz CT molecular complexity index is 402. The summed E-state index contributed by atoms with van der Waals surface area (Å²) in [5, 5.41) is 0. The summed E-state index contributed by atoms with van der Waals surface area (Å²) in [7, 11) is 1.35. The smallest absolute Gasteiger partial charge is 0.349 e. The summed E-state index contributed by atoms with van der Waals surface area (Å²) in [4.78, 5) is 11.4. The van der Waals surface area contributed by atoms with Crippen molar-refractivity contribution < 1.29 is 14.3 Å². The van der Waals surface area contributed by atoms with Crippen LogP contribution in [0, 0.1) is 0 Å². The summed E-state index contributed by atoms with van der Waals surface area (Å²) in [6, 6.07) is 7.53. The number of rotatable bonds is 4. The van der Waals surface area contributed by atoms with Gasteiger partial charge < -0.3 is 9.47 Å². The molecule has 0 N–H and O–H groups in total. The van der Waals surface area contributed by atoms with Gasteiger partial charge >= 0.3 is 5.97 Å². The quantitative estimate of drug-likeness (QED) is 0.751. The highest BCUT2D eigenvalue weighted by Crippen LogP contribution is 2.20. The van der Waals surface area contributed by atoms with Crippen LogP contribution in [-0.2, 0) is 9.53 Å². The lowest BCUT2D eigenvalue weighted by Gasteiger charge is -2.23. The van der Waals surface area contributed by atoms with Crippen LogP contribution in [0.25, 0.3) is 6.08 Å². The SMILES string of the molecule is CC=Cc1ccc(OC(C)(C)C(=O)OC)cc1. The van der Waals surface area contributed by atoms with E-state index in [1.54, 1.807) is 13.8 Å². The molecule has 1 aromatic rings. The van der Waals surface area contributed by atoms with Crippen LogP contribution >= 0.6 is 0 Å². The van der Waals surface area contributed by atoms with Crippen LogP contribution in [0.3, 0.4) is 0 Å². The summed E-state index contributed by atoms with van der Waals surface area (Å²) in [6.07, 6.45) is 3.96. The van der Waals surface area contributed by atoms with Gasteiger partial charge in [-0.15, -0.1) is 0 Å². The van der Waals surface area contributed by atoms with E-state index in [2.05, 4.69) is 4.74 Å². The molecule has 0 bridgehead atoms. The number of benzene rings is 1. The Labute approximate surface area is 102 Å². The molecule has 3 heteroatoms. The average Bonchev–Trinajstić information content (AvgIpc) is 2.30. The first kappa shape index (κ1) is 13.3. The first-order chi connectivity index (χ1) is 7.99. The monoisotopic (exact) mass is 234 g/mol. The van der Waals surface area contributed by atoms with E-state index in [0.717, 1.165) is 5.56 Å². The second-order valence-electron chi connectivity index (χ2n) is 4.17. The first-order valence-electron chi connectivity index (χ1n) is 5.50. The molecule has 92 valence electrons. The summed E-state index contributed by atoms with van der Waals surface area (Å²) in [5.41, 5.74) is 0.118. The fourth-order valence-electron chi connectivity index (χ4n) is 1.42. The Hall–Kier alpha value is -1.77. The molecule has 0 aliphatic heterocycles. The van der Waals surface area contributed by atoms with Gasteiger partial charge in [0.2, 0.25) is 0 Å². The number of ether oxygens (including phenoxy) is 2. The molecule has 1 rings (SSSR count). The standard InChI is InChI=1S/C14H18O3/c1-5-6-11-7-9-12(10-8-11)17-14(2,3)13(15)16-4/h5-10H,1-4H3. The topological polar surface area (TPSA) is 35.5 Å². The minimum Gasteiger partial charge on any atom is -0.476 e. The van der Waals surface area contributed by atoms with Crippen LogP contribution in [0.5, 0.6) is 5.75 Å². The van der Waals surface area contributed by atoms with Gasteiger partial charge in [0.25, 0.3) is 0 Å². The minimum atomic E-state index is -0.975. The number of esters is 1. The Morgan fingerprint density at radius 3 is 2.29 bits per heavy atom. The van der Waals surface area contributed by atoms with Crippen LogP contribution in [-0.4, -0.2) is 18.7 Å². The van der Waals surface area contributed by atoms with E-state index in [1.807, 2.05) is 43.3 Å². The summed E-state index contributed by atoms with van der Waals surface area (Å²) in [6.45, 7) is 5.32. The molecule has 0 heterocycles. The third-order valence-electron chi connectivity index (χ3n) is 2.29. The third-order valence-corrected chi connectivity index (χ3v) is 2.29. The van der Waals surface area contributed by atoms with E-state index < -0.39 is 11.6 Å². The second kappa shape index (κ2) is 5.53. The number of allylic oxidation sites excluding steroid dienone is 1. The lowest BCUT2D eigenvalue weighted by atomic mass is 10.1. The van der Waals surface area contributed by atoms with Gasteiger partial charge in [0.05, 0.1) is 7.11 Å². The Kier molecular flexibility index (Phi) is 4.32. The van der Waals surface area contributed by atoms with E-state index in [9.17, 15) is 4.79 Å². The van der Waals surface area contributed by atoms with Crippen molar-refractivity contribution in [2.75, 3.05) is 7.11 Å². The van der Waals surface area contributed by atoms with Crippen molar-refractivity contribution in [3.63, 3.8) is 0 Å². The van der Waals surface area contributed by atoms with Crippen LogP contribution in [0.4, 0.5) is 0 Å². The summed E-state index contributed by atoms with van der Waals surface area (Å²) >= 11 is 0. The van der Waals surface area contributed by atoms with Gasteiger partial charge in [-0.25, -0.2) is 4.79 Å². The zero-order valence-electron chi connectivity index (χ0n) is 10.7. The summed E-state index contributed by atoms with van der Waals surface area (Å²) < 4.78 is 10.3. The Balaban J connectivity index is 2.78. The molecular weight excluding hydrogens is 216 g/mol. The fraction of sp³-hybridized carbons (Fsp3) is 0.357. The van der Waals surface area contributed by atoms with Gasteiger partial charge in [-0.3, -0.25) is 0 Å². The molecule has 0 spiro atoms. The van der Waals surface area contributed by atoms with Crippen molar-refractivity contribution in [1.29, 1.82) is 0 Å². The molecule has 0 saturated carbocycles. The maximum Gasteiger partial charge on any atom is 0.349 e. The number of hydrogen-bond donors (Lipinski definition) is 0. The van der Waals surface area contributed by atoms with Crippen molar-refractivity contribution in [3.05, 3.63) is 35.9 Å². The largest absolute Gasteiger partial charge is 0.476 e. The molecule has 0 aromatic heterocycles. The molecule has 0 atom stereocenters. The Morgan fingerprint density at radius 2 is 1.82 bits per heavy atom. The molecule has 0 aliphatic rings. The predicted molar refractivity (Wildman–Crippen MR) is 67.9 cm³/mol. The van der Waals surface area contributed by atoms with Crippen molar-refractivity contribution in [2.24, 2.45) is 0 Å². The molecule has 1 aromatic carbocycles. The van der Waals surface area contributed by atoms with Crippen LogP contribution in [0.15, 0.2) is 30.3 Å². The number of carbonyl (C=O) groups is 1. The van der Waals surface area contributed by atoms with Gasteiger partial charge in [-0.2, -0.15) is 0 Å². The van der Waals surface area contributed by atoms with E-state index in [4.69, 9.17) is 4.74 Å².